The molecule has 3 aromatic rings. The van der Waals surface area contributed by atoms with Gasteiger partial charge in [-0.2, -0.15) is 15.1 Å². The minimum Gasteiger partial charge on any atom is -0.463 e. The van der Waals surface area contributed by atoms with Crippen LogP contribution < -0.4 is 14.5 Å². The van der Waals surface area contributed by atoms with Crippen molar-refractivity contribution in [2.75, 3.05) is 82.0 Å². The van der Waals surface area contributed by atoms with Gasteiger partial charge in [0, 0.05) is 63.3 Å². The number of aromatic nitrogens is 4. The standard InChI is InChI=1S/C29H39N9O2/c1-3-26(30)36-10-12-37(13-11-36)28-22-7-9-38(27-21(2)5-6-24-23(27)19-31-34-24)20-25(22)32-29(33-28)40-16-4-8-35-14-17-39-18-15-35/h3,5-6,19,30H,1,4,7-18,20H2,2H3,(H,31,34). The Kier molecular flexibility index (Phi) is 7.83. The van der Waals surface area contributed by atoms with Gasteiger partial charge in [0.2, 0.25) is 0 Å². The second-order valence-corrected chi connectivity index (χ2v) is 10.7. The second-order valence-electron chi connectivity index (χ2n) is 10.7. The summed E-state index contributed by atoms with van der Waals surface area (Å²) in [6.45, 7) is 15.8. The first-order valence-corrected chi connectivity index (χ1v) is 14.3. The number of piperazine rings is 1. The van der Waals surface area contributed by atoms with Gasteiger partial charge in [0.1, 0.15) is 11.7 Å². The Morgan fingerprint density at radius 3 is 2.73 bits per heavy atom. The zero-order valence-electron chi connectivity index (χ0n) is 23.4. The summed E-state index contributed by atoms with van der Waals surface area (Å²) in [6, 6.07) is 4.70. The van der Waals surface area contributed by atoms with Crippen molar-refractivity contribution in [3.8, 4) is 6.01 Å². The molecule has 2 saturated heterocycles. The summed E-state index contributed by atoms with van der Waals surface area (Å²) in [4.78, 5) is 19.2. The lowest BCUT2D eigenvalue weighted by Gasteiger charge is -2.38. The molecule has 2 aromatic heterocycles. The molecule has 5 heterocycles. The molecular weight excluding hydrogens is 506 g/mol. The quantitative estimate of drug-likeness (QED) is 0.251. The monoisotopic (exact) mass is 545 g/mol. The summed E-state index contributed by atoms with van der Waals surface area (Å²) >= 11 is 0. The molecule has 212 valence electrons. The number of H-pyrrole nitrogens is 1. The summed E-state index contributed by atoms with van der Waals surface area (Å²) in [5, 5.41) is 16.7. The zero-order chi connectivity index (χ0) is 27.5. The lowest BCUT2D eigenvalue weighted by atomic mass is 10.0. The van der Waals surface area contributed by atoms with E-state index in [2.05, 4.69) is 55.4 Å². The van der Waals surface area contributed by atoms with Gasteiger partial charge in [-0.15, -0.1) is 0 Å². The van der Waals surface area contributed by atoms with Crippen molar-refractivity contribution in [1.29, 1.82) is 5.41 Å². The van der Waals surface area contributed by atoms with Crippen LogP contribution in [-0.2, 0) is 17.7 Å². The molecule has 1 aromatic carbocycles. The van der Waals surface area contributed by atoms with Crippen molar-refractivity contribution >= 4 is 28.2 Å². The first-order chi connectivity index (χ1) is 19.6. The van der Waals surface area contributed by atoms with Crippen molar-refractivity contribution in [2.24, 2.45) is 0 Å². The molecule has 6 rings (SSSR count). The number of amidine groups is 1. The third-order valence-electron chi connectivity index (χ3n) is 8.20. The van der Waals surface area contributed by atoms with Crippen molar-refractivity contribution in [2.45, 2.75) is 26.3 Å². The van der Waals surface area contributed by atoms with Crippen LogP contribution in [0, 0.1) is 12.3 Å². The van der Waals surface area contributed by atoms with Crippen LogP contribution >= 0.6 is 0 Å². The van der Waals surface area contributed by atoms with E-state index in [0.29, 0.717) is 25.0 Å². The molecule has 3 aliphatic heterocycles. The fourth-order valence-corrected chi connectivity index (χ4v) is 6.00. The van der Waals surface area contributed by atoms with Gasteiger partial charge in [0.25, 0.3) is 0 Å². The van der Waals surface area contributed by atoms with Gasteiger partial charge in [-0.05, 0) is 37.5 Å². The molecule has 0 radical (unpaired) electrons. The number of nitrogens with zero attached hydrogens (tertiary/aromatic N) is 7. The van der Waals surface area contributed by atoms with E-state index >= 15 is 0 Å². The lowest BCUT2D eigenvalue weighted by molar-refractivity contribution is 0.0356. The fourth-order valence-electron chi connectivity index (χ4n) is 6.00. The minimum atomic E-state index is 0.456. The molecular formula is C29H39N9O2. The highest BCUT2D eigenvalue weighted by Gasteiger charge is 2.29. The highest BCUT2D eigenvalue weighted by Crippen LogP contribution is 2.35. The van der Waals surface area contributed by atoms with E-state index in [4.69, 9.17) is 24.9 Å². The van der Waals surface area contributed by atoms with Crippen LogP contribution in [-0.4, -0.2) is 108 Å². The van der Waals surface area contributed by atoms with Gasteiger partial charge in [0.05, 0.1) is 49.5 Å². The smallest absolute Gasteiger partial charge is 0.318 e. The topological polar surface area (TPSA) is 110 Å². The van der Waals surface area contributed by atoms with Gasteiger partial charge >= 0.3 is 6.01 Å². The number of fused-ring (bicyclic) bond motifs is 2. The molecule has 0 spiro atoms. The molecule has 0 amide bonds. The third kappa shape index (κ3) is 5.48. The number of hydrogen-bond donors (Lipinski definition) is 2. The number of hydrogen-bond acceptors (Lipinski definition) is 9. The van der Waals surface area contributed by atoms with Crippen LogP contribution in [0.2, 0.25) is 0 Å². The minimum absolute atomic E-state index is 0.456. The summed E-state index contributed by atoms with van der Waals surface area (Å²) < 4.78 is 11.7. The van der Waals surface area contributed by atoms with E-state index < -0.39 is 0 Å². The van der Waals surface area contributed by atoms with Crippen molar-refractivity contribution in [1.82, 2.24) is 30.0 Å². The fraction of sp³-hybridized carbons (Fsp3) is 0.517. The second kappa shape index (κ2) is 11.8. The average Bonchev–Trinajstić information content (AvgIpc) is 3.47. The molecule has 0 saturated carbocycles. The van der Waals surface area contributed by atoms with Gasteiger partial charge in [0.15, 0.2) is 0 Å². The summed E-state index contributed by atoms with van der Waals surface area (Å²) in [5.74, 6) is 1.46. The normalized spacial score (nSPS) is 18.2. The predicted octanol–water partition coefficient (Wildman–Crippen LogP) is 2.61. The van der Waals surface area contributed by atoms with Gasteiger partial charge in [-0.3, -0.25) is 15.4 Å². The SMILES string of the molecule is C=CC(=N)N1CCN(c2nc(OCCCN3CCOCC3)nc3c2CCN(c2c(C)ccc4[nH]ncc24)C3)CC1. The first kappa shape index (κ1) is 26.5. The number of anilines is 2. The van der Waals surface area contributed by atoms with E-state index in [-0.39, 0.29) is 0 Å². The molecule has 40 heavy (non-hydrogen) atoms. The Morgan fingerprint density at radius 2 is 1.93 bits per heavy atom. The number of nitrogens with one attached hydrogen (secondary N) is 2. The van der Waals surface area contributed by atoms with Crippen LogP contribution in [0.25, 0.3) is 10.9 Å². The van der Waals surface area contributed by atoms with Gasteiger partial charge in [-0.25, -0.2) is 0 Å². The van der Waals surface area contributed by atoms with Crippen molar-refractivity contribution < 1.29 is 9.47 Å². The zero-order valence-corrected chi connectivity index (χ0v) is 23.4. The molecule has 11 nitrogen and oxygen atoms in total. The Labute approximate surface area is 235 Å². The Hall–Kier alpha value is -3.70. The highest BCUT2D eigenvalue weighted by molar-refractivity contribution is 5.93. The predicted molar refractivity (Wildman–Crippen MR) is 157 cm³/mol. The molecule has 0 bridgehead atoms. The average molecular weight is 546 g/mol. The van der Waals surface area contributed by atoms with Gasteiger partial charge < -0.3 is 24.2 Å². The summed E-state index contributed by atoms with van der Waals surface area (Å²) in [6.07, 6.45) is 5.31. The summed E-state index contributed by atoms with van der Waals surface area (Å²) in [5.41, 5.74) is 5.72. The largest absolute Gasteiger partial charge is 0.463 e. The Balaban J connectivity index is 1.23. The van der Waals surface area contributed by atoms with Crippen LogP contribution in [0.4, 0.5) is 11.5 Å². The Morgan fingerprint density at radius 1 is 1.10 bits per heavy atom. The number of aromatic amines is 1. The van der Waals surface area contributed by atoms with Crippen LogP contribution in [0.15, 0.2) is 31.0 Å². The van der Waals surface area contributed by atoms with Crippen molar-refractivity contribution in [3.63, 3.8) is 0 Å². The van der Waals surface area contributed by atoms with Crippen LogP contribution in [0.5, 0.6) is 6.01 Å². The molecule has 0 atom stereocenters. The maximum atomic E-state index is 8.14. The number of benzene rings is 1. The number of aryl methyl sites for hydroxylation is 1. The van der Waals surface area contributed by atoms with Gasteiger partial charge in [-0.1, -0.05) is 12.6 Å². The molecule has 11 heteroatoms. The van der Waals surface area contributed by atoms with E-state index in [9.17, 15) is 0 Å². The first-order valence-electron chi connectivity index (χ1n) is 14.3. The Bertz CT molecular complexity index is 1360. The van der Waals surface area contributed by atoms with Crippen LogP contribution in [0.3, 0.4) is 0 Å². The summed E-state index contributed by atoms with van der Waals surface area (Å²) in [7, 11) is 0. The van der Waals surface area contributed by atoms with E-state index in [1.807, 2.05) is 6.20 Å². The molecule has 2 fully saturated rings. The van der Waals surface area contributed by atoms with E-state index in [1.165, 1.54) is 16.8 Å². The maximum Gasteiger partial charge on any atom is 0.318 e. The molecule has 3 aliphatic rings. The third-order valence-corrected chi connectivity index (χ3v) is 8.20. The highest BCUT2D eigenvalue weighted by atomic mass is 16.5. The maximum absolute atomic E-state index is 8.14. The number of morpholine rings is 1. The number of ether oxygens (including phenoxy) is 2. The number of rotatable bonds is 8. The molecule has 0 unspecified atom stereocenters. The van der Waals surface area contributed by atoms with Crippen LogP contribution in [0.1, 0.15) is 23.2 Å². The lowest BCUT2D eigenvalue weighted by Crippen LogP contribution is -2.49. The molecule has 2 N–H and O–H groups in total. The van der Waals surface area contributed by atoms with E-state index in [0.717, 1.165) is 101 Å². The molecule has 0 aliphatic carbocycles. The van der Waals surface area contributed by atoms with E-state index in [1.54, 1.807) is 6.08 Å². The van der Waals surface area contributed by atoms with Crippen molar-refractivity contribution in [3.05, 3.63) is 47.8 Å².